The van der Waals surface area contributed by atoms with E-state index in [1.54, 1.807) is 26.0 Å². The van der Waals surface area contributed by atoms with Gasteiger partial charge in [0.1, 0.15) is 0 Å². The predicted molar refractivity (Wildman–Crippen MR) is 69.7 cm³/mol. The highest BCUT2D eigenvalue weighted by Crippen LogP contribution is 2.29. The number of hydrogen-bond donors (Lipinski definition) is 2. The van der Waals surface area contributed by atoms with Crippen LogP contribution in [0.15, 0.2) is 17.0 Å². The Balaban J connectivity index is 2.51. The minimum Gasteiger partial charge on any atom is -0.398 e. The van der Waals surface area contributed by atoms with Crippen LogP contribution >= 0.6 is 0 Å². The van der Waals surface area contributed by atoms with Crippen LogP contribution in [-0.2, 0) is 10.0 Å². The lowest BCUT2D eigenvalue weighted by molar-refractivity contribution is 0.189. The Labute approximate surface area is 107 Å². The van der Waals surface area contributed by atoms with Crippen LogP contribution in [0.25, 0.3) is 0 Å². The molecular weight excluding hydrogens is 252 g/mol. The first-order valence-electron chi connectivity index (χ1n) is 5.88. The van der Waals surface area contributed by atoms with E-state index in [9.17, 15) is 13.5 Å². The molecular formula is C12H18N2O3S. The molecule has 1 fully saturated rings. The fourth-order valence-corrected chi connectivity index (χ4v) is 4.25. The summed E-state index contributed by atoms with van der Waals surface area (Å²) in [5.41, 5.74) is 7.51. The fourth-order valence-electron chi connectivity index (χ4n) is 2.30. The monoisotopic (exact) mass is 270 g/mol. The molecule has 0 amide bonds. The highest BCUT2D eigenvalue weighted by molar-refractivity contribution is 7.89. The second-order valence-corrected chi connectivity index (χ2v) is 6.61. The van der Waals surface area contributed by atoms with Gasteiger partial charge in [-0.15, -0.1) is 0 Å². The van der Waals surface area contributed by atoms with Gasteiger partial charge in [0, 0.05) is 18.8 Å². The van der Waals surface area contributed by atoms with Crippen molar-refractivity contribution < 1.29 is 13.5 Å². The average Bonchev–Trinajstić information content (AvgIpc) is 2.71. The number of aliphatic hydroxyl groups is 1. The quantitative estimate of drug-likeness (QED) is 0.773. The standard InChI is InChI=1S/C12H18N2O3S/c1-8-3-4-11(13)9(2)12(8)18(16,17)14-6-5-10(15)7-14/h3-4,10,15H,5-7,13H2,1-2H3. The van der Waals surface area contributed by atoms with Crippen LogP contribution in [0.4, 0.5) is 5.69 Å². The molecule has 3 N–H and O–H groups in total. The molecule has 1 aromatic carbocycles. The molecule has 0 saturated carbocycles. The summed E-state index contributed by atoms with van der Waals surface area (Å²) in [5, 5.41) is 9.47. The third kappa shape index (κ3) is 2.11. The molecule has 1 heterocycles. The molecule has 1 aromatic rings. The van der Waals surface area contributed by atoms with Gasteiger partial charge in [-0.25, -0.2) is 8.42 Å². The highest BCUT2D eigenvalue weighted by Gasteiger charge is 2.33. The minimum absolute atomic E-state index is 0.163. The molecule has 1 atom stereocenters. The maximum atomic E-state index is 12.5. The second kappa shape index (κ2) is 4.53. The molecule has 0 aromatic heterocycles. The third-order valence-corrected chi connectivity index (χ3v) is 5.52. The van der Waals surface area contributed by atoms with E-state index in [0.29, 0.717) is 29.8 Å². The van der Waals surface area contributed by atoms with Gasteiger partial charge in [-0.05, 0) is 37.5 Å². The van der Waals surface area contributed by atoms with Crippen molar-refractivity contribution in [2.24, 2.45) is 0 Å². The Morgan fingerprint density at radius 2 is 2.06 bits per heavy atom. The topological polar surface area (TPSA) is 83.6 Å². The molecule has 1 aliphatic rings. The molecule has 6 heteroatoms. The molecule has 18 heavy (non-hydrogen) atoms. The number of sulfonamides is 1. The van der Waals surface area contributed by atoms with Crippen LogP contribution in [0.1, 0.15) is 17.5 Å². The number of nitrogen functional groups attached to an aromatic ring is 1. The van der Waals surface area contributed by atoms with Crippen LogP contribution in [0.5, 0.6) is 0 Å². The summed E-state index contributed by atoms with van der Waals surface area (Å²) < 4.78 is 26.4. The zero-order valence-corrected chi connectivity index (χ0v) is 11.4. The average molecular weight is 270 g/mol. The van der Waals surface area contributed by atoms with Crippen molar-refractivity contribution in [3.05, 3.63) is 23.3 Å². The van der Waals surface area contributed by atoms with Crippen molar-refractivity contribution in [1.82, 2.24) is 4.31 Å². The third-order valence-electron chi connectivity index (χ3n) is 3.37. The van der Waals surface area contributed by atoms with E-state index < -0.39 is 16.1 Å². The number of nitrogens with zero attached hydrogens (tertiary/aromatic N) is 1. The zero-order valence-electron chi connectivity index (χ0n) is 10.5. The lowest BCUT2D eigenvalue weighted by atomic mass is 10.1. The van der Waals surface area contributed by atoms with Crippen LogP contribution in [0.2, 0.25) is 0 Å². The number of nitrogens with two attached hydrogens (primary N) is 1. The van der Waals surface area contributed by atoms with Crippen LogP contribution in [0.3, 0.4) is 0 Å². The summed E-state index contributed by atoms with van der Waals surface area (Å²) in [7, 11) is -3.56. The molecule has 0 spiro atoms. The van der Waals surface area contributed by atoms with E-state index in [4.69, 9.17) is 5.73 Å². The fraction of sp³-hybridized carbons (Fsp3) is 0.500. The van der Waals surface area contributed by atoms with Gasteiger partial charge in [0.15, 0.2) is 0 Å². The molecule has 0 radical (unpaired) electrons. The van der Waals surface area contributed by atoms with Crippen LogP contribution < -0.4 is 5.73 Å². The van der Waals surface area contributed by atoms with Crippen molar-refractivity contribution in [3.8, 4) is 0 Å². The Hall–Kier alpha value is -1.11. The summed E-state index contributed by atoms with van der Waals surface area (Å²) in [6.45, 7) is 3.99. The van der Waals surface area contributed by atoms with E-state index in [1.165, 1.54) is 4.31 Å². The lowest BCUT2D eigenvalue weighted by Gasteiger charge is -2.19. The van der Waals surface area contributed by atoms with Gasteiger partial charge < -0.3 is 10.8 Å². The molecule has 0 bridgehead atoms. The summed E-state index contributed by atoms with van der Waals surface area (Å²) in [6, 6.07) is 3.42. The van der Waals surface area contributed by atoms with Gasteiger partial charge in [-0.3, -0.25) is 0 Å². The van der Waals surface area contributed by atoms with Gasteiger partial charge in [0.2, 0.25) is 10.0 Å². The number of hydrogen-bond acceptors (Lipinski definition) is 4. The van der Waals surface area contributed by atoms with Gasteiger partial charge in [0.25, 0.3) is 0 Å². The summed E-state index contributed by atoms with van der Waals surface area (Å²) in [4.78, 5) is 0.275. The summed E-state index contributed by atoms with van der Waals surface area (Å²) in [6.07, 6.45) is -0.0824. The number of rotatable bonds is 2. The minimum atomic E-state index is -3.56. The number of aryl methyl sites for hydroxylation is 1. The largest absolute Gasteiger partial charge is 0.398 e. The molecule has 2 rings (SSSR count). The van der Waals surface area contributed by atoms with Gasteiger partial charge in [0.05, 0.1) is 11.0 Å². The maximum absolute atomic E-state index is 12.5. The number of benzene rings is 1. The van der Waals surface area contributed by atoms with Crippen LogP contribution in [-0.4, -0.2) is 37.0 Å². The Bertz CT molecular complexity index is 569. The van der Waals surface area contributed by atoms with Crippen molar-refractivity contribution >= 4 is 15.7 Å². The normalized spacial score (nSPS) is 21.4. The van der Waals surface area contributed by atoms with Crippen molar-refractivity contribution in [3.63, 3.8) is 0 Å². The highest BCUT2D eigenvalue weighted by atomic mass is 32.2. The number of β-amino-alcohol motifs (C(OH)–C–C–N with tert-alkyl or cyclic N) is 1. The molecule has 1 unspecified atom stereocenters. The second-order valence-electron chi connectivity index (χ2n) is 4.73. The first-order chi connectivity index (χ1) is 8.34. The van der Waals surface area contributed by atoms with E-state index in [1.807, 2.05) is 0 Å². The van der Waals surface area contributed by atoms with E-state index in [0.717, 1.165) is 0 Å². The van der Waals surface area contributed by atoms with Crippen molar-refractivity contribution in [2.75, 3.05) is 18.8 Å². The van der Waals surface area contributed by atoms with E-state index in [2.05, 4.69) is 0 Å². The van der Waals surface area contributed by atoms with Gasteiger partial charge in [-0.1, -0.05) is 6.07 Å². The predicted octanol–water partition coefficient (Wildman–Crippen LogP) is 0.641. The summed E-state index contributed by atoms with van der Waals surface area (Å²) >= 11 is 0. The maximum Gasteiger partial charge on any atom is 0.243 e. The first-order valence-corrected chi connectivity index (χ1v) is 7.32. The zero-order chi connectivity index (χ0) is 13.5. The van der Waals surface area contributed by atoms with Gasteiger partial charge >= 0.3 is 0 Å². The van der Waals surface area contributed by atoms with Crippen molar-refractivity contribution in [2.45, 2.75) is 31.3 Å². The first kappa shape index (κ1) is 13.3. The number of anilines is 1. The van der Waals surface area contributed by atoms with Crippen LogP contribution in [0, 0.1) is 13.8 Å². The summed E-state index contributed by atoms with van der Waals surface area (Å²) in [5.74, 6) is 0. The Kier molecular flexibility index (Phi) is 3.35. The molecule has 100 valence electrons. The SMILES string of the molecule is Cc1ccc(N)c(C)c1S(=O)(=O)N1CCC(O)C1. The van der Waals surface area contributed by atoms with Gasteiger partial charge in [-0.2, -0.15) is 4.31 Å². The smallest absolute Gasteiger partial charge is 0.243 e. The van der Waals surface area contributed by atoms with Crippen molar-refractivity contribution in [1.29, 1.82) is 0 Å². The molecule has 0 aliphatic carbocycles. The molecule has 1 aliphatic heterocycles. The Morgan fingerprint density at radius 1 is 1.39 bits per heavy atom. The molecule has 5 nitrogen and oxygen atoms in total. The van der Waals surface area contributed by atoms with E-state index in [-0.39, 0.29) is 11.4 Å². The lowest BCUT2D eigenvalue weighted by Crippen LogP contribution is -2.31. The molecule has 1 saturated heterocycles. The Morgan fingerprint density at radius 3 is 2.61 bits per heavy atom. The van der Waals surface area contributed by atoms with E-state index >= 15 is 0 Å². The number of aliphatic hydroxyl groups excluding tert-OH is 1.